The van der Waals surface area contributed by atoms with Gasteiger partial charge in [-0.2, -0.15) is 0 Å². The maximum absolute atomic E-state index is 11.7. The molecule has 0 radical (unpaired) electrons. The number of ether oxygens (including phenoxy) is 1. The van der Waals surface area contributed by atoms with Gasteiger partial charge in [-0.05, 0) is 11.1 Å². The van der Waals surface area contributed by atoms with Crippen molar-refractivity contribution in [2.24, 2.45) is 5.73 Å². The van der Waals surface area contributed by atoms with Gasteiger partial charge in [-0.25, -0.2) is 0 Å². The predicted molar refractivity (Wildman–Crippen MR) is 73.5 cm³/mol. The zero-order chi connectivity index (χ0) is 13.7. The van der Waals surface area contributed by atoms with Gasteiger partial charge in [-0.1, -0.05) is 24.3 Å². The third-order valence-corrected chi connectivity index (χ3v) is 3.39. The average Bonchev–Trinajstić information content (AvgIpc) is 2.42. The van der Waals surface area contributed by atoms with Gasteiger partial charge in [0, 0.05) is 33.3 Å². The van der Waals surface area contributed by atoms with Crippen LogP contribution in [0.25, 0.3) is 0 Å². The minimum absolute atomic E-state index is 0.290. The Labute approximate surface area is 113 Å². The second kappa shape index (κ2) is 6.65. The van der Waals surface area contributed by atoms with Crippen LogP contribution in [0.4, 0.5) is 0 Å². The van der Waals surface area contributed by atoms with Gasteiger partial charge in [-0.15, -0.1) is 0 Å². The number of hydrogen-bond donors (Lipinski definition) is 2. The van der Waals surface area contributed by atoms with E-state index < -0.39 is 0 Å². The van der Waals surface area contributed by atoms with Crippen molar-refractivity contribution in [2.45, 2.75) is 12.6 Å². The average molecular weight is 263 g/mol. The number of nitrogens with one attached hydrogen (secondary N) is 1. The van der Waals surface area contributed by atoms with Crippen molar-refractivity contribution < 1.29 is 9.53 Å². The number of benzene rings is 1. The highest BCUT2D eigenvalue weighted by molar-refractivity contribution is 5.81. The fourth-order valence-corrected chi connectivity index (χ4v) is 2.46. The van der Waals surface area contributed by atoms with E-state index in [-0.39, 0.29) is 11.9 Å². The Morgan fingerprint density at radius 1 is 1.37 bits per heavy atom. The molecule has 19 heavy (non-hydrogen) atoms. The first kappa shape index (κ1) is 14.0. The van der Waals surface area contributed by atoms with Crippen LogP contribution in [0.5, 0.6) is 0 Å². The van der Waals surface area contributed by atoms with Crippen LogP contribution in [0.3, 0.4) is 0 Å². The quantitative estimate of drug-likeness (QED) is 0.800. The Kier molecular flexibility index (Phi) is 4.90. The van der Waals surface area contributed by atoms with Crippen LogP contribution in [0.1, 0.15) is 17.2 Å². The molecule has 1 atom stereocenters. The highest BCUT2D eigenvalue weighted by Gasteiger charge is 2.26. The van der Waals surface area contributed by atoms with E-state index in [1.165, 1.54) is 0 Å². The molecule has 1 unspecified atom stereocenters. The summed E-state index contributed by atoms with van der Waals surface area (Å²) < 4.78 is 5.08. The molecule has 0 saturated carbocycles. The van der Waals surface area contributed by atoms with Gasteiger partial charge in [-0.3, -0.25) is 9.69 Å². The molecule has 2 rings (SSSR count). The van der Waals surface area contributed by atoms with Crippen molar-refractivity contribution in [3.8, 4) is 0 Å². The van der Waals surface area contributed by atoms with E-state index in [1.54, 1.807) is 7.11 Å². The molecule has 104 valence electrons. The highest BCUT2D eigenvalue weighted by atomic mass is 16.5. The number of nitrogens with two attached hydrogens (primary N) is 1. The molecule has 1 saturated heterocycles. The normalized spacial score (nSPS) is 18.2. The molecule has 0 aliphatic carbocycles. The number of methoxy groups -OCH3 is 1. The first-order chi connectivity index (χ1) is 9.22. The SMILES string of the molecule is COCc1ccc(C(C(N)=O)N2CCNCC2)cc1. The van der Waals surface area contributed by atoms with Crippen molar-refractivity contribution in [1.29, 1.82) is 0 Å². The summed E-state index contributed by atoms with van der Waals surface area (Å²) in [6.45, 7) is 4.05. The second-order valence-electron chi connectivity index (χ2n) is 4.77. The summed E-state index contributed by atoms with van der Waals surface area (Å²) in [5.74, 6) is -0.290. The maximum Gasteiger partial charge on any atom is 0.239 e. The molecule has 5 nitrogen and oxygen atoms in total. The molecule has 0 bridgehead atoms. The van der Waals surface area contributed by atoms with Crippen molar-refractivity contribution in [2.75, 3.05) is 33.3 Å². The molecule has 1 aromatic carbocycles. The summed E-state index contributed by atoms with van der Waals surface area (Å²) in [4.78, 5) is 13.9. The van der Waals surface area contributed by atoms with E-state index in [2.05, 4.69) is 10.2 Å². The predicted octanol–water partition coefficient (Wildman–Crippen LogP) is 0.265. The number of rotatable bonds is 5. The fraction of sp³-hybridized carbons (Fsp3) is 0.500. The zero-order valence-electron chi connectivity index (χ0n) is 11.3. The Bertz CT molecular complexity index is 413. The molecule has 1 aliphatic rings. The summed E-state index contributed by atoms with van der Waals surface area (Å²) in [6, 6.07) is 7.56. The molecule has 1 fully saturated rings. The van der Waals surface area contributed by atoms with Gasteiger partial charge in [0.05, 0.1) is 6.61 Å². The van der Waals surface area contributed by atoms with Gasteiger partial charge < -0.3 is 15.8 Å². The third kappa shape index (κ3) is 3.53. The zero-order valence-corrected chi connectivity index (χ0v) is 11.3. The van der Waals surface area contributed by atoms with Gasteiger partial charge in [0.2, 0.25) is 5.91 Å². The minimum atomic E-state index is -0.335. The minimum Gasteiger partial charge on any atom is -0.380 e. The molecule has 1 amide bonds. The molecule has 1 heterocycles. The first-order valence-corrected chi connectivity index (χ1v) is 6.54. The maximum atomic E-state index is 11.7. The van der Waals surface area contributed by atoms with E-state index >= 15 is 0 Å². The second-order valence-corrected chi connectivity index (χ2v) is 4.77. The van der Waals surface area contributed by atoms with Crippen LogP contribution in [-0.2, 0) is 16.1 Å². The number of primary amides is 1. The number of carbonyl (C=O) groups excluding carboxylic acids is 1. The lowest BCUT2D eigenvalue weighted by Gasteiger charge is -2.33. The van der Waals surface area contributed by atoms with Crippen molar-refractivity contribution in [1.82, 2.24) is 10.2 Å². The fourth-order valence-electron chi connectivity index (χ4n) is 2.46. The highest BCUT2D eigenvalue weighted by Crippen LogP contribution is 2.21. The molecule has 5 heteroatoms. The van der Waals surface area contributed by atoms with Crippen LogP contribution >= 0.6 is 0 Å². The number of piperazine rings is 1. The number of hydrogen-bond acceptors (Lipinski definition) is 4. The third-order valence-electron chi connectivity index (χ3n) is 3.39. The molecule has 3 N–H and O–H groups in total. The van der Waals surface area contributed by atoms with Crippen molar-refractivity contribution in [3.05, 3.63) is 35.4 Å². The van der Waals surface area contributed by atoms with E-state index in [9.17, 15) is 4.79 Å². The molecule has 1 aliphatic heterocycles. The Morgan fingerprint density at radius 2 is 2.00 bits per heavy atom. The van der Waals surface area contributed by atoms with Crippen LogP contribution in [-0.4, -0.2) is 44.1 Å². The van der Waals surface area contributed by atoms with Crippen LogP contribution in [0.2, 0.25) is 0 Å². The summed E-state index contributed by atoms with van der Waals surface area (Å²) in [7, 11) is 1.67. The van der Waals surface area contributed by atoms with E-state index in [4.69, 9.17) is 10.5 Å². The monoisotopic (exact) mass is 263 g/mol. The Hall–Kier alpha value is -1.43. The van der Waals surface area contributed by atoms with E-state index in [0.29, 0.717) is 6.61 Å². The van der Waals surface area contributed by atoms with E-state index in [0.717, 1.165) is 37.3 Å². The Morgan fingerprint density at radius 3 is 2.53 bits per heavy atom. The summed E-state index contributed by atoms with van der Waals surface area (Å²) in [5, 5.41) is 3.28. The van der Waals surface area contributed by atoms with Crippen LogP contribution < -0.4 is 11.1 Å². The summed E-state index contributed by atoms with van der Waals surface area (Å²) >= 11 is 0. The standard InChI is InChI=1S/C14H21N3O2/c1-19-10-11-2-4-12(5-3-11)13(14(15)18)17-8-6-16-7-9-17/h2-5,13,16H,6-10H2,1H3,(H2,15,18). The van der Waals surface area contributed by atoms with Crippen molar-refractivity contribution >= 4 is 5.91 Å². The lowest BCUT2D eigenvalue weighted by Crippen LogP contribution is -2.48. The van der Waals surface area contributed by atoms with Crippen LogP contribution in [0.15, 0.2) is 24.3 Å². The molecule has 0 spiro atoms. The topological polar surface area (TPSA) is 67.6 Å². The largest absolute Gasteiger partial charge is 0.380 e. The number of amides is 1. The Balaban J connectivity index is 2.15. The van der Waals surface area contributed by atoms with Gasteiger partial charge in [0.1, 0.15) is 6.04 Å². The van der Waals surface area contributed by atoms with E-state index in [1.807, 2.05) is 24.3 Å². The number of nitrogens with zero attached hydrogens (tertiary/aromatic N) is 1. The molecule has 0 aromatic heterocycles. The van der Waals surface area contributed by atoms with Crippen molar-refractivity contribution in [3.63, 3.8) is 0 Å². The summed E-state index contributed by atoms with van der Waals surface area (Å²) in [6.07, 6.45) is 0. The summed E-state index contributed by atoms with van der Waals surface area (Å²) in [5.41, 5.74) is 7.62. The molecule has 1 aromatic rings. The smallest absolute Gasteiger partial charge is 0.239 e. The van der Waals surface area contributed by atoms with Gasteiger partial charge in [0.25, 0.3) is 0 Å². The number of carbonyl (C=O) groups is 1. The lowest BCUT2D eigenvalue weighted by molar-refractivity contribution is -0.123. The first-order valence-electron chi connectivity index (χ1n) is 6.54. The van der Waals surface area contributed by atoms with Crippen LogP contribution in [0, 0.1) is 0 Å². The molecular formula is C14H21N3O2. The van der Waals surface area contributed by atoms with Gasteiger partial charge >= 0.3 is 0 Å². The van der Waals surface area contributed by atoms with Gasteiger partial charge in [0.15, 0.2) is 0 Å². The molecular weight excluding hydrogens is 242 g/mol. The lowest BCUT2D eigenvalue weighted by atomic mass is 10.0.